The summed E-state index contributed by atoms with van der Waals surface area (Å²) in [5.74, 6) is 0. The molecule has 0 aromatic heterocycles. The van der Waals surface area contributed by atoms with Crippen molar-refractivity contribution in [3.63, 3.8) is 0 Å². The molecule has 0 aliphatic carbocycles. The minimum absolute atomic E-state index is 0. The van der Waals surface area contributed by atoms with Gasteiger partial charge in [-0.1, -0.05) is 6.42 Å². The van der Waals surface area contributed by atoms with Crippen LogP contribution >= 0.6 is 0 Å². The number of hydrogen-bond donors (Lipinski definition) is 3. The van der Waals surface area contributed by atoms with E-state index in [1.54, 1.807) is 0 Å². The summed E-state index contributed by atoms with van der Waals surface area (Å²) >= 11 is 0. The van der Waals surface area contributed by atoms with E-state index >= 15 is 0 Å². The summed E-state index contributed by atoms with van der Waals surface area (Å²) in [6.45, 7) is 2.50. The molecule has 0 radical (unpaired) electrons. The third-order valence-electron chi connectivity index (χ3n) is 1.21. The number of nitrogens with one attached hydrogen (secondary N) is 1. The zero-order chi connectivity index (χ0) is 8.74. The van der Waals surface area contributed by atoms with Gasteiger partial charge in [-0.3, -0.25) is 9.11 Å². The van der Waals surface area contributed by atoms with Gasteiger partial charge in [-0.25, -0.2) is 0 Å². The fourth-order valence-electron chi connectivity index (χ4n) is 0.802. The van der Waals surface area contributed by atoms with Crippen LogP contribution in [0.5, 0.6) is 0 Å². The molecule has 0 unspecified atom stereocenters. The van der Waals surface area contributed by atoms with Crippen molar-refractivity contribution < 1.29 is 48.5 Å². The maximum absolute atomic E-state index is 8.74. The average Bonchev–Trinajstić information content (AvgIpc) is 1.88. The predicted molar refractivity (Wildman–Crippen MR) is 42.0 cm³/mol. The molecule has 70 valence electrons. The predicted octanol–water partition coefficient (Wildman–Crippen LogP) is -2.78. The van der Waals surface area contributed by atoms with E-state index in [9.17, 15) is 0 Å². The minimum atomic E-state index is -4.67. The summed E-state index contributed by atoms with van der Waals surface area (Å²) in [5.41, 5.74) is 0. The molecule has 0 amide bonds. The largest absolute Gasteiger partial charge is 1.00 e. The molecular formula is C5H14NNaO4S. The van der Waals surface area contributed by atoms with Gasteiger partial charge in [-0.05, 0) is 25.9 Å². The molecule has 1 fully saturated rings. The first-order chi connectivity index (χ1) is 5.00. The van der Waals surface area contributed by atoms with Gasteiger partial charge in [-0.15, -0.1) is 0 Å². The average molecular weight is 207 g/mol. The normalized spacial score (nSPS) is 16.8. The Kier molecular flexibility index (Phi) is 10.8. The van der Waals surface area contributed by atoms with E-state index in [2.05, 4.69) is 5.32 Å². The quantitative estimate of drug-likeness (QED) is 0.295. The molecule has 12 heavy (non-hydrogen) atoms. The molecule has 3 N–H and O–H groups in total. The zero-order valence-electron chi connectivity index (χ0n) is 8.15. The third kappa shape index (κ3) is 22.4. The van der Waals surface area contributed by atoms with Gasteiger partial charge in [0.25, 0.3) is 0 Å². The summed E-state index contributed by atoms with van der Waals surface area (Å²) in [7, 11) is -4.67. The van der Waals surface area contributed by atoms with Crippen molar-refractivity contribution in [2.45, 2.75) is 19.3 Å². The van der Waals surface area contributed by atoms with Crippen molar-refractivity contribution in [2.24, 2.45) is 0 Å². The number of piperidine rings is 1. The van der Waals surface area contributed by atoms with Gasteiger partial charge in [0.15, 0.2) is 0 Å². The van der Waals surface area contributed by atoms with Gasteiger partial charge in [0.1, 0.15) is 0 Å². The fraction of sp³-hybridized carbons (Fsp3) is 1.00. The zero-order valence-corrected chi connectivity index (χ0v) is 9.97. The van der Waals surface area contributed by atoms with Crippen molar-refractivity contribution in [3.8, 4) is 0 Å². The first kappa shape index (κ1) is 15.3. The molecule has 1 aliphatic heterocycles. The minimum Gasteiger partial charge on any atom is -1.00 e. The van der Waals surface area contributed by atoms with Gasteiger partial charge in [0, 0.05) is 0 Å². The summed E-state index contributed by atoms with van der Waals surface area (Å²) in [6.07, 6.45) is 4.22. The molecule has 1 saturated heterocycles. The van der Waals surface area contributed by atoms with Crippen molar-refractivity contribution in [3.05, 3.63) is 0 Å². The van der Waals surface area contributed by atoms with Gasteiger partial charge >= 0.3 is 40.0 Å². The van der Waals surface area contributed by atoms with Gasteiger partial charge in [0.05, 0.1) is 0 Å². The SMILES string of the molecule is C1CCNCC1.O=S(=O)(O)O.[H-].[Na+]. The molecule has 1 aliphatic rings. The molecule has 0 atom stereocenters. The van der Waals surface area contributed by atoms with Crippen molar-refractivity contribution in [1.29, 1.82) is 0 Å². The van der Waals surface area contributed by atoms with Crippen LogP contribution in [0.15, 0.2) is 0 Å². The first-order valence-electron chi connectivity index (χ1n) is 3.41. The van der Waals surface area contributed by atoms with Gasteiger partial charge < -0.3 is 6.74 Å². The maximum atomic E-state index is 8.74. The summed E-state index contributed by atoms with van der Waals surface area (Å²) in [6, 6.07) is 0. The second-order valence-corrected chi connectivity index (χ2v) is 3.15. The van der Waals surface area contributed by atoms with Crippen LogP contribution in [0.3, 0.4) is 0 Å². The molecule has 0 bridgehead atoms. The Bertz CT molecular complexity index is 163. The second-order valence-electron chi connectivity index (χ2n) is 2.26. The van der Waals surface area contributed by atoms with E-state index in [0.29, 0.717) is 0 Å². The molecule has 7 heteroatoms. The smallest absolute Gasteiger partial charge is 1.00 e. The Morgan fingerprint density at radius 1 is 1.08 bits per heavy atom. The van der Waals surface area contributed by atoms with E-state index in [4.69, 9.17) is 17.5 Å². The first-order valence-corrected chi connectivity index (χ1v) is 4.80. The van der Waals surface area contributed by atoms with Gasteiger partial charge in [0.2, 0.25) is 0 Å². The summed E-state index contributed by atoms with van der Waals surface area (Å²) in [4.78, 5) is 0. The number of hydrogen-bond acceptors (Lipinski definition) is 3. The molecule has 0 saturated carbocycles. The Labute approximate surface area is 96.3 Å². The van der Waals surface area contributed by atoms with Crippen LogP contribution in [-0.2, 0) is 10.4 Å². The van der Waals surface area contributed by atoms with Crippen LogP contribution in [0.1, 0.15) is 20.7 Å². The van der Waals surface area contributed by atoms with E-state index in [1.165, 1.54) is 32.4 Å². The second kappa shape index (κ2) is 8.43. The molecule has 0 aromatic carbocycles. The molecule has 5 nitrogen and oxygen atoms in total. The van der Waals surface area contributed by atoms with Crippen molar-refractivity contribution in [2.75, 3.05) is 13.1 Å². The van der Waals surface area contributed by atoms with Crippen LogP contribution in [0.4, 0.5) is 0 Å². The van der Waals surface area contributed by atoms with Crippen LogP contribution in [0.2, 0.25) is 0 Å². The molecule has 1 rings (SSSR count). The fourth-order valence-corrected chi connectivity index (χ4v) is 0.802. The van der Waals surface area contributed by atoms with Crippen molar-refractivity contribution in [1.82, 2.24) is 5.32 Å². The van der Waals surface area contributed by atoms with E-state index in [-0.39, 0.29) is 31.0 Å². The van der Waals surface area contributed by atoms with Crippen LogP contribution < -0.4 is 34.9 Å². The molecule has 1 heterocycles. The van der Waals surface area contributed by atoms with E-state index in [0.717, 1.165) is 0 Å². The van der Waals surface area contributed by atoms with Gasteiger partial charge in [-0.2, -0.15) is 8.42 Å². The topological polar surface area (TPSA) is 86.6 Å². The van der Waals surface area contributed by atoms with Crippen LogP contribution in [-0.4, -0.2) is 30.6 Å². The Morgan fingerprint density at radius 2 is 1.42 bits per heavy atom. The standard InChI is InChI=1S/C5H11N.Na.H2O4S.H/c1-2-4-6-5-3-1;;1-5(2,3)4;/h6H,1-5H2;;(H2,1,2,3,4);/q;+1;;-1. The summed E-state index contributed by atoms with van der Waals surface area (Å²) in [5, 5.41) is 3.28. The van der Waals surface area contributed by atoms with E-state index < -0.39 is 10.4 Å². The van der Waals surface area contributed by atoms with E-state index in [1.807, 2.05) is 0 Å². The Hall–Kier alpha value is 0.830. The third-order valence-corrected chi connectivity index (χ3v) is 1.21. The Morgan fingerprint density at radius 3 is 1.50 bits per heavy atom. The monoisotopic (exact) mass is 207 g/mol. The molecule has 0 aromatic rings. The molecule has 0 spiro atoms. The van der Waals surface area contributed by atoms with Crippen LogP contribution in [0.25, 0.3) is 0 Å². The van der Waals surface area contributed by atoms with Crippen LogP contribution in [0, 0.1) is 0 Å². The molecular weight excluding hydrogens is 193 g/mol. The summed E-state index contributed by atoms with van der Waals surface area (Å²) < 4.78 is 31.6. The Balaban J connectivity index is -0.000000136. The van der Waals surface area contributed by atoms with Crippen molar-refractivity contribution >= 4 is 10.4 Å². The number of rotatable bonds is 0. The maximum Gasteiger partial charge on any atom is 1.00 e.